The zero-order valence-corrected chi connectivity index (χ0v) is 18.8. The Kier molecular flexibility index (Phi) is 5.49. The lowest BCUT2D eigenvalue weighted by Crippen LogP contribution is -2.58. The summed E-state index contributed by atoms with van der Waals surface area (Å²) in [4.78, 5) is 28.7. The Morgan fingerprint density at radius 3 is 2.63 bits per heavy atom. The summed E-state index contributed by atoms with van der Waals surface area (Å²) in [5.74, 6) is 0.449. The minimum Gasteiger partial charge on any atom is -0.496 e. The predicted octanol–water partition coefficient (Wildman–Crippen LogP) is 4.65. The first-order valence-corrected chi connectivity index (χ1v) is 11.0. The zero-order chi connectivity index (χ0) is 21.5. The molecule has 0 saturated heterocycles. The lowest BCUT2D eigenvalue weighted by molar-refractivity contribution is -0.129. The maximum absolute atomic E-state index is 13.6. The summed E-state index contributed by atoms with van der Waals surface area (Å²) >= 11 is 3.53. The molecule has 0 aromatic heterocycles. The molecule has 1 aliphatic heterocycles. The third-order valence-corrected chi connectivity index (χ3v) is 7.00. The number of nitrogens with two attached hydrogens (primary N) is 1. The maximum Gasteiger partial charge on any atom is 0.255 e. The number of nitrogens with zero attached hydrogens (tertiary/aromatic N) is 1. The molecule has 1 fully saturated rings. The van der Waals surface area contributed by atoms with Crippen LogP contribution in [0.4, 0.5) is 11.4 Å². The van der Waals surface area contributed by atoms with Crippen LogP contribution >= 0.6 is 15.9 Å². The monoisotopic (exact) mass is 471 g/mol. The lowest BCUT2D eigenvalue weighted by atomic mass is 9.79. The molecular weight excluding hydrogens is 446 g/mol. The van der Waals surface area contributed by atoms with Crippen LogP contribution in [0.2, 0.25) is 0 Å². The first kappa shape index (κ1) is 20.7. The fourth-order valence-corrected chi connectivity index (χ4v) is 5.23. The minimum atomic E-state index is -0.874. The van der Waals surface area contributed by atoms with Crippen molar-refractivity contribution in [2.24, 2.45) is 0 Å². The molecule has 0 atom stereocenters. The fourth-order valence-electron chi connectivity index (χ4n) is 4.63. The Hall–Kier alpha value is -2.54. The molecule has 1 heterocycles. The number of ether oxygens (including phenoxy) is 1. The summed E-state index contributed by atoms with van der Waals surface area (Å²) in [5, 5.41) is 3.06. The van der Waals surface area contributed by atoms with Gasteiger partial charge in [-0.15, -0.1) is 0 Å². The Balaban J connectivity index is 1.68. The second-order valence-electron chi connectivity index (χ2n) is 8.15. The van der Waals surface area contributed by atoms with E-state index in [0.29, 0.717) is 36.3 Å². The van der Waals surface area contributed by atoms with E-state index in [0.717, 1.165) is 40.6 Å². The van der Waals surface area contributed by atoms with Crippen molar-refractivity contribution < 1.29 is 14.3 Å². The van der Waals surface area contributed by atoms with Crippen LogP contribution in [-0.2, 0) is 11.3 Å². The van der Waals surface area contributed by atoms with Gasteiger partial charge in [-0.3, -0.25) is 9.59 Å². The number of aryl methyl sites for hydroxylation is 1. The van der Waals surface area contributed by atoms with E-state index in [1.54, 1.807) is 18.1 Å². The Bertz CT molecular complexity index is 1010. The molecule has 2 aliphatic rings. The van der Waals surface area contributed by atoms with E-state index in [-0.39, 0.29) is 11.8 Å². The van der Waals surface area contributed by atoms with Crippen LogP contribution in [0.15, 0.2) is 34.8 Å². The smallest absolute Gasteiger partial charge is 0.255 e. The topological polar surface area (TPSA) is 84.7 Å². The fraction of sp³-hybridized carbons (Fsp3) is 0.391. The standard InChI is InChI=1S/C23H26BrN3O3/c1-14-6-7-16(12-20(14)30-2)26-22(29)23(8-4-3-5-9-23)27-13-18-17(21(27)28)10-15(25)11-19(18)24/h6-7,10-12H,3-5,8-9,13,25H2,1-2H3,(H,26,29). The predicted molar refractivity (Wildman–Crippen MR) is 121 cm³/mol. The summed E-state index contributed by atoms with van der Waals surface area (Å²) in [5.41, 5.74) is 8.76. The van der Waals surface area contributed by atoms with Crippen molar-refractivity contribution in [2.45, 2.75) is 51.1 Å². The molecular formula is C23H26BrN3O3. The van der Waals surface area contributed by atoms with Crippen LogP contribution < -0.4 is 15.8 Å². The summed E-state index contributed by atoms with van der Waals surface area (Å²) in [6.45, 7) is 2.36. The van der Waals surface area contributed by atoms with Gasteiger partial charge in [0.15, 0.2) is 0 Å². The molecule has 2 aromatic carbocycles. The summed E-state index contributed by atoms with van der Waals surface area (Å²) in [6, 6.07) is 9.12. The van der Waals surface area contributed by atoms with Crippen LogP contribution in [0.3, 0.4) is 0 Å². The first-order valence-electron chi connectivity index (χ1n) is 10.2. The van der Waals surface area contributed by atoms with Crippen LogP contribution in [-0.4, -0.2) is 29.4 Å². The maximum atomic E-state index is 13.6. The van der Waals surface area contributed by atoms with Gasteiger partial charge in [0.2, 0.25) is 5.91 Å². The van der Waals surface area contributed by atoms with Crippen molar-refractivity contribution in [2.75, 3.05) is 18.2 Å². The van der Waals surface area contributed by atoms with Gasteiger partial charge in [0, 0.05) is 34.0 Å². The molecule has 7 heteroatoms. The van der Waals surface area contributed by atoms with E-state index in [1.807, 2.05) is 31.2 Å². The molecule has 2 amide bonds. The molecule has 2 aromatic rings. The zero-order valence-electron chi connectivity index (χ0n) is 17.3. The highest BCUT2D eigenvalue weighted by Crippen LogP contribution is 2.42. The summed E-state index contributed by atoms with van der Waals surface area (Å²) < 4.78 is 6.20. The van der Waals surface area contributed by atoms with Crippen molar-refractivity contribution in [3.8, 4) is 5.75 Å². The number of anilines is 2. The first-order chi connectivity index (χ1) is 14.4. The van der Waals surface area contributed by atoms with Gasteiger partial charge in [0.1, 0.15) is 11.3 Å². The van der Waals surface area contributed by atoms with Crippen LogP contribution in [0.5, 0.6) is 5.75 Å². The van der Waals surface area contributed by atoms with Crippen LogP contribution in [0.25, 0.3) is 0 Å². The van der Waals surface area contributed by atoms with Gasteiger partial charge in [-0.25, -0.2) is 0 Å². The Morgan fingerprint density at radius 2 is 1.93 bits per heavy atom. The highest BCUT2D eigenvalue weighted by atomic mass is 79.9. The molecule has 0 bridgehead atoms. The van der Waals surface area contributed by atoms with E-state index in [2.05, 4.69) is 21.2 Å². The van der Waals surface area contributed by atoms with E-state index < -0.39 is 5.54 Å². The second kappa shape index (κ2) is 7.95. The number of rotatable bonds is 4. The number of hydrogen-bond acceptors (Lipinski definition) is 4. The highest BCUT2D eigenvalue weighted by Gasteiger charge is 2.50. The number of nitrogens with one attached hydrogen (secondary N) is 1. The van der Waals surface area contributed by atoms with Crippen molar-refractivity contribution >= 4 is 39.1 Å². The van der Waals surface area contributed by atoms with E-state index in [4.69, 9.17) is 10.5 Å². The van der Waals surface area contributed by atoms with Gasteiger partial charge in [-0.2, -0.15) is 0 Å². The molecule has 0 radical (unpaired) electrons. The average molecular weight is 472 g/mol. The number of carbonyl (C=O) groups excluding carboxylic acids is 2. The average Bonchev–Trinajstić information content (AvgIpc) is 3.07. The molecule has 4 rings (SSSR count). The van der Waals surface area contributed by atoms with Crippen molar-refractivity contribution in [1.29, 1.82) is 0 Å². The number of hydrogen-bond donors (Lipinski definition) is 2. The number of benzene rings is 2. The van der Waals surface area contributed by atoms with Gasteiger partial charge in [0.25, 0.3) is 5.91 Å². The SMILES string of the molecule is COc1cc(NC(=O)C2(N3Cc4c(Br)cc(N)cc4C3=O)CCCCC2)ccc1C. The number of halogens is 1. The van der Waals surface area contributed by atoms with Crippen molar-refractivity contribution in [1.82, 2.24) is 4.90 Å². The quantitative estimate of drug-likeness (QED) is 0.635. The third kappa shape index (κ3) is 3.45. The minimum absolute atomic E-state index is 0.128. The number of fused-ring (bicyclic) bond motifs is 1. The second-order valence-corrected chi connectivity index (χ2v) is 9.01. The molecule has 30 heavy (non-hydrogen) atoms. The molecule has 0 spiro atoms. The van der Waals surface area contributed by atoms with Gasteiger partial charge in [-0.1, -0.05) is 41.3 Å². The molecule has 0 unspecified atom stereocenters. The van der Waals surface area contributed by atoms with E-state index in [9.17, 15) is 9.59 Å². The molecule has 158 valence electrons. The van der Waals surface area contributed by atoms with Crippen molar-refractivity contribution in [3.63, 3.8) is 0 Å². The molecule has 1 saturated carbocycles. The lowest BCUT2D eigenvalue weighted by Gasteiger charge is -2.43. The Morgan fingerprint density at radius 1 is 1.20 bits per heavy atom. The van der Waals surface area contributed by atoms with Gasteiger partial charge in [-0.05, 0) is 49.1 Å². The molecule has 1 aliphatic carbocycles. The number of carbonyl (C=O) groups is 2. The molecule has 3 N–H and O–H groups in total. The van der Waals surface area contributed by atoms with Gasteiger partial charge < -0.3 is 20.7 Å². The Labute approximate surface area is 184 Å². The van der Waals surface area contributed by atoms with E-state index in [1.165, 1.54) is 0 Å². The number of amides is 2. The normalized spacial score (nSPS) is 17.6. The van der Waals surface area contributed by atoms with E-state index >= 15 is 0 Å². The highest BCUT2D eigenvalue weighted by molar-refractivity contribution is 9.10. The third-order valence-electron chi connectivity index (χ3n) is 6.30. The number of methoxy groups -OCH3 is 1. The van der Waals surface area contributed by atoms with Crippen molar-refractivity contribution in [3.05, 3.63) is 51.5 Å². The summed E-state index contributed by atoms with van der Waals surface area (Å²) in [7, 11) is 1.61. The summed E-state index contributed by atoms with van der Waals surface area (Å²) in [6.07, 6.45) is 4.18. The molecule has 6 nitrogen and oxygen atoms in total. The van der Waals surface area contributed by atoms with Gasteiger partial charge in [0.05, 0.1) is 7.11 Å². The van der Waals surface area contributed by atoms with Crippen LogP contribution in [0.1, 0.15) is 53.6 Å². The van der Waals surface area contributed by atoms with Gasteiger partial charge >= 0.3 is 0 Å². The van der Waals surface area contributed by atoms with Crippen LogP contribution in [0, 0.1) is 6.92 Å². The number of nitrogen functional groups attached to an aromatic ring is 1. The largest absolute Gasteiger partial charge is 0.496 e.